The van der Waals surface area contributed by atoms with Gasteiger partial charge in [0.05, 0.1) is 23.7 Å². The summed E-state index contributed by atoms with van der Waals surface area (Å²) in [5, 5.41) is 19.0. The van der Waals surface area contributed by atoms with Crippen LogP contribution in [0.25, 0.3) is 11.1 Å². The molecule has 7 amide bonds. The second kappa shape index (κ2) is 27.9. The first-order chi connectivity index (χ1) is 36.6. The van der Waals surface area contributed by atoms with E-state index in [0.29, 0.717) is 43.1 Å². The Balaban J connectivity index is 1.19. The number of alkyl carbamates (subject to hydrolysis) is 2. The molecule has 0 aromatic heterocycles. The molecule has 4 fully saturated rings. The van der Waals surface area contributed by atoms with E-state index in [4.69, 9.17) is 30.2 Å². The van der Waals surface area contributed by atoms with Gasteiger partial charge >= 0.3 is 19.3 Å². The standard InChI is InChI=1S/C57H90BN9O11/c1-12-13-18-36-21-23-37(24-22-36)38-25-27-39(28-26-38)47(68)61-30-16-14-20-43(65-48(69)41(59)29-32-63-53(74)76-55(6,7)8)50(71)67-46(60)51(72)66-42(19-15-17-31-62-52(73)75-54(3,4)5)49(70)64-35(2)58-77-45-34-40-33-44(56(40,9)10)57(45,11)78-58/h21-28,35,40-46H,12-20,29-34,59-60H2,1-11H3,(H,61,68)(H,62,73)(H,63,74)(H,64,70)(H,65,69)(H,66,72)(H,67,71)/t35-,40-,41-,42-,43-,44-,45?,46+,57-/m0/s1. The Bertz CT molecular complexity index is 2360. The molecule has 78 heavy (non-hydrogen) atoms. The highest BCUT2D eigenvalue weighted by atomic mass is 16.7. The number of benzene rings is 2. The summed E-state index contributed by atoms with van der Waals surface area (Å²) >= 11 is 0. The predicted molar refractivity (Wildman–Crippen MR) is 299 cm³/mol. The number of carbonyl (C=O) groups excluding carboxylic acids is 7. The predicted octanol–water partition coefficient (Wildman–Crippen LogP) is 5.68. The first kappa shape index (κ1) is 63.1. The maximum Gasteiger partial charge on any atom is 0.481 e. The summed E-state index contributed by atoms with van der Waals surface area (Å²) in [4.78, 5) is 93.0. The van der Waals surface area contributed by atoms with Gasteiger partial charge in [0.2, 0.25) is 17.7 Å². The van der Waals surface area contributed by atoms with Crippen LogP contribution in [0.1, 0.15) is 163 Å². The number of aryl methyl sites for hydroxylation is 1. The van der Waals surface area contributed by atoms with E-state index in [1.54, 1.807) is 60.6 Å². The van der Waals surface area contributed by atoms with Crippen molar-refractivity contribution >= 4 is 48.8 Å². The molecule has 1 heterocycles. The zero-order valence-corrected chi connectivity index (χ0v) is 48.1. The molecule has 2 aromatic carbocycles. The third kappa shape index (κ3) is 18.4. The van der Waals surface area contributed by atoms with E-state index in [1.165, 1.54) is 5.56 Å². The first-order valence-electron chi connectivity index (χ1n) is 28.1. The fraction of sp³-hybridized carbons (Fsp3) is 0.667. The molecule has 9 atom stereocenters. The summed E-state index contributed by atoms with van der Waals surface area (Å²) in [7, 11) is -0.727. The van der Waals surface area contributed by atoms with Crippen molar-refractivity contribution in [3.8, 4) is 11.1 Å². The zero-order chi connectivity index (χ0) is 57.6. The van der Waals surface area contributed by atoms with E-state index in [-0.39, 0.29) is 56.3 Å². The lowest BCUT2D eigenvalue weighted by Gasteiger charge is -2.64. The van der Waals surface area contributed by atoms with Crippen LogP contribution in [0, 0.1) is 17.3 Å². The van der Waals surface area contributed by atoms with Gasteiger partial charge < -0.3 is 67.5 Å². The number of ether oxygens (including phenoxy) is 2. The average molecular weight is 1090 g/mol. The van der Waals surface area contributed by atoms with Gasteiger partial charge in [-0.3, -0.25) is 24.0 Å². The Morgan fingerprint density at radius 1 is 0.654 bits per heavy atom. The quantitative estimate of drug-likeness (QED) is 0.0296. The van der Waals surface area contributed by atoms with Crippen LogP contribution in [0.3, 0.4) is 0 Å². The number of hydrogen-bond acceptors (Lipinski definition) is 13. The smallest absolute Gasteiger partial charge is 0.444 e. The van der Waals surface area contributed by atoms with Crippen LogP contribution in [-0.2, 0) is 44.4 Å². The Morgan fingerprint density at radius 3 is 1.73 bits per heavy atom. The summed E-state index contributed by atoms with van der Waals surface area (Å²) in [6.07, 6.45) is 4.01. The average Bonchev–Trinajstić information content (AvgIpc) is 3.93. The van der Waals surface area contributed by atoms with Gasteiger partial charge in [0.1, 0.15) is 23.3 Å². The van der Waals surface area contributed by atoms with E-state index < -0.39 is 90.0 Å². The third-order valence-electron chi connectivity index (χ3n) is 15.1. The molecule has 21 heteroatoms. The minimum Gasteiger partial charge on any atom is -0.444 e. The van der Waals surface area contributed by atoms with E-state index in [2.05, 4.69) is 89.2 Å². The van der Waals surface area contributed by atoms with Crippen LogP contribution in [0.5, 0.6) is 0 Å². The van der Waals surface area contributed by atoms with Crippen LogP contribution >= 0.6 is 0 Å². The van der Waals surface area contributed by atoms with E-state index >= 15 is 0 Å². The molecule has 1 aliphatic heterocycles. The molecule has 20 nitrogen and oxygen atoms in total. The van der Waals surface area contributed by atoms with Gasteiger partial charge in [-0.15, -0.1) is 0 Å². The number of nitrogens with two attached hydrogens (primary N) is 2. The lowest BCUT2D eigenvalue weighted by molar-refractivity contribution is -0.199. The lowest BCUT2D eigenvalue weighted by Crippen LogP contribution is -2.65. The summed E-state index contributed by atoms with van der Waals surface area (Å²) in [6.45, 7) is 21.5. The van der Waals surface area contributed by atoms with Gasteiger partial charge in [-0.25, -0.2) is 9.59 Å². The fourth-order valence-electron chi connectivity index (χ4n) is 10.5. The topological polar surface area (TPSA) is 293 Å². The highest BCUT2D eigenvalue weighted by molar-refractivity contribution is 6.47. The van der Waals surface area contributed by atoms with Gasteiger partial charge in [0.15, 0.2) is 6.17 Å². The minimum atomic E-state index is -1.67. The normalized spacial score (nSPS) is 21.2. The maximum absolute atomic E-state index is 14.1. The first-order valence-corrected chi connectivity index (χ1v) is 28.1. The molecule has 2 bridgehead atoms. The van der Waals surface area contributed by atoms with E-state index in [9.17, 15) is 33.6 Å². The van der Waals surface area contributed by atoms with Gasteiger partial charge in [-0.1, -0.05) is 63.6 Å². The molecular formula is C57H90BN9O11. The van der Waals surface area contributed by atoms with Crippen LogP contribution in [0.4, 0.5) is 9.59 Å². The Labute approximate surface area is 462 Å². The van der Waals surface area contributed by atoms with Gasteiger partial charge in [-0.2, -0.15) is 0 Å². The van der Waals surface area contributed by atoms with Crippen molar-refractivity contribution in [2.75, 3.05) is 19.6 Å². The number of hydrogen-bond donors (Lipinski definition) is 9. The number of nitrogens with one attached hydrogen (secondary N) is 7. The molecule has 432 valence electrons. The molecule has 1 unspecified atom stereocenters. The Kier molecular flexibility index (Phi) is 22.6. The van der Waals surface area contributed by atoms with Crippen molar-refractivity contribution < 1.29 is 52.3 Å². The van der Waals surface area contributed by atoms with Gasteiger partial charge in [-0.05, 0) is 172 Å². The van der Waals surface area contributed by atoms with Crippen molar-refractivity contribution in [2.24, 2.45) is 28.7 Å². The fourth-order valence-corrected chi connectivity index (χ4v) is 10.5. The van der Waals surface area contributed by atoms with Crippen LogP contribution in [0.2, 0.25) is 0 Å². The molecule has 11 N–H and O–H groups in total. The van der Waals surface area contributed by atoms with Crippen molar-refractivity contribution in [3.63, 3.8) is 0 Å². The van der Waals surface area contributed by atoms with Crippen molar-refractivity contribution in [3.05, 3.63) is 59.7 Å². The Hall–Kier alpha value is -5.77. The van der Waals surface area contributed by atoms with Crippen LogP contribution in [-0.4, -0.2) is 122 Å². The molecule has 4 aliphatic rings. The van der Waals surface area contributed by atoms with Crippen molar-refractivity contribution in [2.45, 2.75) is 206 Å². The monoisotopic (exact) mass is 1090 g/mol. The molecule has 0 radical (unpaired) electrons. The molecule has 1 saturated heterocycles. The number of unbranched alkanes of at least 4 members (excludes halogenated alkanes) is 3. The second-order valence-corrected chi connectivity index (χ2v) is 24.1. The maximum atomic E-state index is 14.1. The molecule has 6 rings (SSSR count). The molecule has 3 aliphatic carbocycles. The molecule has 2 aromatic rings. The third-order valence-corrected chi connectivity index (χ3v) is 15.1. The van der Waals surface area contributed by atoms with Crippen LogP contribution in [0.15, 0.2) is 48.5 Å². The van der Waals surface area contributed by atoms with Crippen molar-refractivity contribution in [1.29, 1.82) is 0 Å². The number of rotatable bonds is 27. The highest BCUT2D eigenvalue weighted by Gasteiger charge is 2.68. The summed E-state index contributed by atoms with van der Waals surface area (Å²) in [5.74, 6) is -2.92. The second-order valence-electron chi connectivity index (χ2n) is 24.1. The van der Waals surface area contributed by atoms with Crippen LogP contribution < -0.4 is 48.7 Å². The summed E-state index contributed by atoms with van der Waals surface area (Å²) in [5.41, 5.74) is 14.6. The van der Waals surface area contributed by atoms with Gasteiger partial charge in [0.25, 0.3) is 11.8 Å². The highest BCUT2D eigenvalue weighted by Crippen LogP contribution is 2.65. The SMILES string of the molecule is CCCCc1ccc(-c2ccc(C(=O)NCCCC[C@H](NC(=O)[C@@H](N)CCNC(=O)OC(C)(C)C)C(=O)N[C@@H](N)C(=O)N[C@@H](CCCCNC(=O)OC(C)(C)C)C(=O)N[C@@H](C)B3OC4C[C@@H]5C[C@@H](C5(C)C)[C@]4(C)O3)cc2)cc1. The lowest BCUT2D eigenvalue weighted by atomic mass is 9.43. The van der Waals surface area contributed by atoms with E-state index in [1.807, 2.05) is 12.1 Å². The molecular weight excluding hydrogens is 997 g/mol. The largest absolute Gasteiger partial charge is 0.481 e. The number of amides is 7. The zero-order valence-electron chi connectivity index (χ0n) is 48.1. The summed E-state index contributed by atoms with van der Waals surface area (Å²) < 4.78 is 23.6. The molecule has 0 spiro atoms. The summed E-state index contributed by atoms with van der Waals surface area (Å²) in [6, 6.07) is 12.3. The minimum absolute atomic E-state index is 0.00760. The Morgan fingerprint density at radius 2 is 1.18 bits per heavy atom. The van der Waals surface area contributed by atoms with E-state index in [0.717, 1.165) is 43.2 Å². The molecule has 3 saturated carbocycles. The van der Waals surface area contributed by atoms with Crippen molar-refractivity contribution in [1.82, 2.24) is 37.2 Å². The van der Waals surface area contributed by atoms with Gasteiger partial charge in [0, 0.05) is 25.2 Å². The number of carbonyl (C=O) groups is 7.